The highest BCUT2D eigenvalue weighted by Gasteiger charge is 2.20. The number of nitrogens with zero attached hydrogens (tertiary/aromatic N) is 3. The van der Waals surface area contributed by atoms with E-state index in [9.17, 15) is 9.59 Å². The van der Waals surface area contributed by atoms with Gasteiger partial charge in [-0.1, -0.05) is 12.8 Å². The van der Waals surface area contributed by atoms with E-state index < -0.39 is 0 Å². The van der Waals surface area contributed by atoms with Crippen LogP contribution < -0.4 is 16.6 Å². The lowest BCUT2D eigenvalue weighted by molar-refractivity contribution is 0.706. The Balaban J connectivity index is 2.30. The Labute approximate surface area is 122 Å². The van der Waals surface area contributed by atoms with Crippen molar-refractivity contribution in [2.45, 2.75) is 38.6 Å². The molecule has 112 valence electrons. The molecule has 2 aromatic heterocycles. The molecule has 0 spiro atoms. The van der Waals surface area contributed by atoms with Crippen molar-refractivity contribution in [1.29, 1.82) is 0 Å². The number of hydrogen-bond donors (Lipinski definition) is 1. The second-order valence-corrected chi connectivity index (χ2v) is 5.85. The Bertz CT molecular complexity index is 813. The Hall–Kier alpha value is -2.11. The normalized spacial score (nSPS) is 15.8. The van der Waals surface area contributed by atoms with Crippen molar-refractivity contribution in [1.82, 2.24) is 14.1 Å². The molecule has 21 heavy (non-hydrogen) atoms. The average molecular weight is 288 g/mol. The van der Waals surface area contributed by atoms with E-state index >= 15 is 0 Å². The Morgan fingerprint density at radius 2 is 1.86 bits per heavy atom. The first-order valence-electron chi connectivity index (χ1n) is 7.32. The van der Waals surface area contributed by atoms with E-state index in [1.54, 1.807) is 13.2 Å². The minimum absolute atomic E-state index is 0.287. The van der Waals surface area contributed by atoms with Gasteiger partial charge < -0.3 is 5.32 Å². The van der Waals surface area contributed by atoms with Crippen LogP contribution in [0.1, 0.15) is 31.2 Å². The minimum atomic E-state index is -0.351. The Morgan fingerprint density at radius 1 is 1.19 bits per heavy atom. The molecule has 1 saturated carbocycles. The molecule has 1 aliphatic carbocycles. The lowest BCUT2D eigenvalue weighted by atomic mass is 10.1. The maximum absolute atomic E-state index is 12.5. The van der Waals surface area contributed by atoms with Gasteiger partial charge in [0.2, 0.25) is 0 Å². The van der Waals surface area contributed by atoms with Crippen LogP contribution in [-0.2, 0) is 14.1 Å². The van der Waals surface area contributed by atoms with Crippen LogP contribution in [0, 0.1) is 6.92 Å². The van der Waals surface area contributed by atoms with Gasteiger partial charge in [0.05, 0.1) is 5.69 Å². The molecule has 0 aromatic carbocycles. The summed E-state index contributed by atoms with van der Waals surface area (Å²) in [5.74, 6) is 0. The fourth-order valence-corrected chi connectivity index (χ4v) is 3.08. The van der Waals surface area contributed by atoms with Gasteiger partial charge in [-0.05, 0) is 25.3 Å². The van der Waals surface area contributed by atoms with Crippen molar-refractivity contribution < 1.29 is 0 Å². The summed E-state index contributed by atoms with van der Waals surface area (Å²) in [5.41, 5.74) is 1.56. The molecule has 0 amide bonds. The summed E-state index contributed by atoms with van der Waals surface area (Å²) in [4.78, 5) is 28.8. The second kappa shape index (κ2) is 5.02. The van der Waals surface area contributed by atoms with E-state index in [1.807, 2.05) is 6.92 Å². The SMILES string of the molecule is Cc1cnc2c(c1NC1CCCC1)c(=O)n(C)c(=O)n2C. The molecule has 0 aliphatic heterocycles. The maximum atomic E-state index is 12.5. The van der Waals surface area contributed by atoms with E-state index in [0.29, 0.717) is 17.1 Å². The van der Waals surface area contributed by atoms with Crippen LogP contribution in [0.5, 0.6) is 0 Å². The van der Waals surface area contributed by atoms with Gasteiger partial charge >= 0.3 is 5.69 Å². The third kappa shape index (κ3) is 2.14. The van der Waals surface area contributed by atoms with Crippen LogP contribution in [0.3, 0.4) is 0 Å². The van der Waals surface area contributed by atoms with Crippen LogP contribution in [0.25, 0.3) is 11.0 Å². The summed E-state index contributed by atoms with van der Waals surface area (Å²) < 4.78 is 2.57. The van der Waals surface area contributed by atoms with Gasteiger partial charge in [-0.25, -0.2) is 9.78 Å². The highest BCUT2D eigenvalue weighted by molar-refractivity contribution is 5.90. The van der Waals surface area contributed by atoms with Crippen LogP contribution in [0.2, 0.25) is 0 Å². The lowest BCUT2D eigenvalue weighted by Gasteiger charge is -2.18. The van der Waals surface area contributed by atoms with Gasteiger partial charge in [0.1, 0.15) is 5.39 Å². The molecule has 3 rings (SSSR count). The van der Waals surface area contributed by atoms with Gasteiger partial charge in [-0.2, -0.15) is 0 Å². The predicted octanol–water partition coefficient (Wildman–Crippen LogP) is 1.30. The first kappa shape index (κ1) is 13.9. The number of hydrogen-bond acceptors (Lipinski definition) is 4. The van der Waals surface area contributed by atoms with Crippen LogP contribution in [0.4, 0.5) is 5.69 Å². The summed E-state index contributed by atoms with van der Waals surface area (Å²) >= 11 is 0. The summed E-state index contributed by atoms with van der Waals surface area (Å²) in [6.45, 7) is 1.94. The van der Waals surface area contributed by atoms with E-state index in [4.69, 9.17) is 0 Å². The van der Waals surface area contributed by atoms with Crippen LogP contribution in [-0.4, -0.2) is 20.2 Å². The van der Waals surface area contributed by atoms with Crippen molar-refractivity contribution in [2.75, 3.05) is 5.32 Å². The first-order valence-corrected chi connectivity index (χ1v) is 7.32. The minimum Gasteiger partial charge on any atom is -0.381 e. The molecular formula is C15H20N4O2. The molecule has 0 bridgehead atoms. The van der Waals surface area contributed by atoms with Crippen molar-refractivity contribution in [3.63, 3.8) is 0 Å². The summed E-state index contributed by atoms with van der Waals surface area (Å²) in [6, 6.07) is 0.399. The number of aromatic nitrogens is 3. The zero-order valence-electron chi connectivity index (χ0n) is 12.6. The van der Waals surface area contributed by atoms with Gasteiger partial charge in [0, 0.05) is 26.3 Å². The number of nitrogens with one attached hydrogen (secondary N) is 1. The van der Waals surface area contributed by atoms with E-state index in [1.165, 1.54) is 24.5 Å². The number of aryl methyl sites for hydroxylation is 2. The Kier molecular flexibility index (Phi) is 3.31. The zero-order valence-corrected chi connectivity index (χ0v) is 12.6. The van der Waals surface area contributed by atoms with Gasteiger partial charge in [0.15, 0.2) is 5.65 Å². The molecule has 0 saturated heterocycles. The average Bonchev–Trinajstić information content (AvgIpc) is 2.98. The molecule has 1 fully saturated rings. The van der Waals surface area contributed by atoms with Crippen molar-refractivity contribution >= 4 is 16.7 Å². The third-order valence-corrected chi connectivity index (χ3v) is 4.36. The highest BCUT2D eigenvalue weighted by Crippen LogP contribution is 2.27. The largest absolute Gasteiger partial charge is 0.381 e. The van der Waals surface area contributed by atoms with Crippen LogP contribution >= 0.6 is 0 Å². The molecule has 6 heteroatoms. The van der Waals surface area contributed by atoms with Gasteiger partial charge in [-0.15, -0.1) is 0 Å². The Morgan fingerprint density at radius 3 is 2.52 bits per heavy atom. The molecule has 2 heterocycles. The van der Waals surface area contributed by atoms with Crippen molar-refractivity contribution in [3.8, 4) is 0 Å². The lowest BCUT2D eigenvalue weighted by Crippen LogP contribution is -2.38. The summed E-state index contributed by atoms with van der Waals surface area (Å²) in [5, 5.41) is 4.00. The number of fused-ring (bicyclic) bond motifs is 1. The van der Waals surface area contributed by atoms with E-state index in [2.05, 4.69) is 10.3 Å². The standard InChI is InChI=1S/C15H20N4O2/c1-9-8-16-13-11(12(9)17-10-6-4-5-7-10)14(20)19(3)15(21)18(13)2/h8,10H,4-7H2,1-3H3,(H,16,17). The molecule has 0 unspecified atom stereocenters. The zero-order chi connectivity index (χ0) is 15.1. The van der Waals surface area contributed by atoms with Gasteiger partial charge in [0.25, 0.3) is 5.56 Å². The summed E-state index contributed by atoms with van der Waals surface area (Å²) in [7, 11) is 3.15. The van der Waals surface area contributed by atoms with E-state index in [0.717, 1.165) is 28.7 Å². The number of rotatable bonds is 2. The number of pyridine rings is 1. The molecular weight excluding hydrogens is 268 g/mol. The first-order chi connectivity index (χ1) is 10.0. The smallest absolute Gasteiger partial charge is 0.332 e. The predicted molar refractivity (Wildman–Crippen MR) is 82.8 cm³/mol. The molecule has 1 aliphatic rings. The topological polar surface area (TPSA) is 68.9 Å². The van der Waals surface area contributed by atoms with Crippen LogP contribution in [0.15, 0.2) is 15.8 Å². The second-order valence-electron chi connectivity index (χ2n) is 5.85. The fourth-order valence-electron chi connectivity index (χ4n) is 3.08. The van der Waals surface area contributed by atoms with E-state index in [-0.39, 0.29) is 11.2 Å². The number of anilines is 1. The van der Waals surface area contributed by atoms with Crippen molar-refractivity contribution in [3.05, 3.63) is 32.6 Å². The molecule has 1 N–H and O–H groups in total. The quantitative estimate of drug-likeness (QED) is 0.904. The van der Waals surface area contributed by atoms with Crippen molar-refractivity contribution in [2.24, 2.45) is 14.1 Å². The highest BCUT2D eigenvalue weighted by atomic mass is 16.2. The molecule has 2 aromatic rings. The molecule has 0 radical (unpaired) electrons. The maximum Gasteiger partial charge on any atom is 0.332 e. The molecule has 6 nitrogen and oxygen atoms in total. The third-order valence-electron chi connectivity index (χ3n) is 4.36. The van der Waals surface area contributed by atoms with Gasteiger partial charge in [-0.3, -0.25) is 13.9 Å². The molecule has 0 atom stereocenters. The summed E-state index contributed by atoms with van der Waals surface area (Å²) in [6.07, 6.45) is 6.40. The fraction of sp³-hybridized carbons (Fsp3) is 0.533. The monoisotopic (exact) mass is 288 g/mol.